The van der Waals surface area contributed by atoms with Gasteiger partial charge in [-0.25, -0.2) is 13.1 Å². The second-order valence-electron chi connectivity index (χ2n) is 3.59. The highest BCUT2D eigenvalue weighted by atomic mass is 79.9. The number of benzene rings is 1. The number of halogens is 3. The Morgan fingerprint density at radius 2 is 1.95 bits per heavy atom. The van der Waals surface area contributed by atoms with Crippen molar-refractivity contribution in [2.75, 3.05) is 6.54 Å². The number of carboxylic acids is 1. The van der Waals surface area contributed by atoms with Gasteiger partial charge in [0.05, 0.1) is 10.0 Å². The predicted molar refractivity (Wildman–Crippen MR) is 76.2 cm³/mol. The fourth-order valence-electron chi connectivity index (χ4n) is 1.23. The van der Waals surface area contributed by atoms with Crippen LogP contribution < -0.4 is 4.72 Å². The number of carboxylic acid groups (broad SMARTS) is 1. The summed E-state index contributed by atoms with van der Waals surface area (Å²) in [6, 6.07) is 2.61. The average Bonchev–Trinajstić information content (AvgIpc) is 2.29. The lowest BCUT2D eigenvalue weighted by Gasteiger charge is -2.09. The fourth-order valence-corrected chi connectivity index (χ4v) is 3.57. The molecule has 1 rings (SSSR count). The number of hydrogen-bond donors (Lipinski definition) is 2. The van der Waals surface area contributed by atoms with Gasteiger partial charge in [-0.15, -0.1) is 0 Å². The molecule has 0 fully saturated rings. The van der Waals surface area contributed by atoms with Crippen molar-refractivity contribution in [3.63, 3.8) is 0 Å². The highest BCUT2D eigenvalue weighted by molar-refractivity contribution is 9.10. The molecule has 0 bridgehead atoms. The highest BCUT2D eigenvalue weighted by Crippen LogP contribution is 2.31. The normalized spacial score (nSPS) is 11.5. The maximum atomic E-state index is 12.0. The molecule has 0 aromatic heterocycles. The summed E-state index contributed by atoms with van der Waals surface area (Å²) in [7, 11) is -3.79. The molecule has 0 unspecified atom stereocenters. The van der Waals surface area contributed by atoms with Crippen LogP contribution in [0.4, 0.5) is 0 Å². The zero-order chi connectivity index (χ0) is 14.6. The second-order valence-corrected chi connectivity index (χ2v) is 7.00. The maximum absolute atomic E-state index is 12.0. The lowest BCUT2D eigenvalue weighted by molar-refractivity contribution is -0.137. The Morgan fingerprint density at radius 3 is 2.53 bits per heavy atom. The van der Waals surface area contributed by atoms with Gasteiger partial charge in [0.2, 0.25) is 10.0 Å². The number of rotatable bonds is 6. The Labute approximate surface area is 129 Å². The third kappa shape index (κ3) is 4.92. The van der Waals surface area contributed by atoms with Crippen molar-refractivity contribution in [3.05, 3.63) is 26.7 Å². The van der Waals surface area contributed by atoms with Crippen LogP contribution in [0.3, 0.4) is 0 Å². The summed E-state index contributed by atoms with van der Waals surface area (Å²) in [5, 5.41) is 8.75. The zero-order valence-electron chi connectivity index (χ0n) is 9.49. The summed E-state index contributed by atoms with van der Waals surface area (Å²) in [6.45, 7) is 0.0191. The van der Waals surface area contributed by atoms with Gasteiger partial charge in [-0.1, -0.05) is 23.2 Å². The molecule has 9 heteroatoms. The van der Waals surface area contributed by atoms with E-state index in [9.17, 15) is 13.2 Å². The molecule has 19 heavy (non-hydrogen) atoms. The van der Waals surface area contributed by atoms with Crippen LogP contribution in [-0.2, 0) is 14.8 Å². The number of aliphatic carboxylic acids is 1. The smallest absolute Gasteiger partial charge is 0.303 e. The predicted octanol–water partition coefficient (Wildman–Crippen LogP) is 2.90. The second kappa shape index (κ2) is 6.90. The van der Waals surface area contributed by atoms with E-state index in [0.717, 1.165) is 0 Å². The number of nitrogens with one attached hydrogen (secondary N) is 1. The molecule has 0 heterocycles. The number of sulfonamides is 1. The summed E-state index contributed by atoms with van der Waals surface area (Å²) < 4.78 is 26.6. The third-order valence-electron chi connectivity index (χ3n) is 2.12. The van der Waals surface area contributed by atoms with Gasteiger partial charge in [-0.3, -0.25) is 4.79 Å². The van der Waals surface area contributed by atoms with Crippen molar-refractivity contribution >= 4 is 55.1 Å². The molecule has 1 aromatic carbocycles. The molecule has 5 nitrogen and oxygen atoms in total. The molecule has 0 aliphatic carbocycles. The summed E-state index contributed by atoms with van der Waals surface area (Å²) in [6.07, 6.45) is 0.0848. The van der Waals surface area contributed by atoms with E-state index in [1.54, 1.807) is 0 Å². The van der Waals surface area contributed by atoms with Crippen LogP contribution in [-0.4, -0.2) is 26.0 Å². The highest BCUT2D eigenvalue weighted by Gasteiger charge is 2.19. The van der Waals surface area contributed by atoms with Gasteiger partial charge in [0.1, 0.15) is 4.90 Å². The van der Waals surface area contributed by atoms with Crippen LogP contribution in [0.1, 0.15) is 12.8 Å². The van der Waals surface area contributed by atoms with Crippen LogP contribution in [0.25, 0.3) is 0 Å². The minimum Gasteiger partial charge on any atom is -0.481 e. The van der Waals surface area contributed by atoms with E-state index in [2.05, 4.69) is 20.7 Å². The molecule has 0 aliphatic rings. The van der Waals surface area contributed by atoms with Gasteiger partial charge in [0.15, 0.2) is 0 Å². The van der Waals surface area contributed by atoms with Gasteiger partial charge in [0, 0.05) is 17.4 Å². The third-order valence-corrected chi connectivity index (χ3v) is 5.25. The van der Waals surface area contributed by atoms with E-state index in [1.807, 2.05) is 0 Å². The molecule has 106 valence electrons. The van der Waals surface area contributed by atoms with Crippen LogP contribution in [0.15, 0.2) is 21.5 Å². The summed E-state index contributed by atoms with van der Waals surface area (Å²) >= 11 is 14.7. The van der Waals surface area contributed by atoms with Gasteiger partial charge in [-0.05, 0) is 34.5 Å². The van der Waals surface area contributed by atoms with Crippen LogP contribution >= 0.6 is 39.1 Å². The summed E-state index contributed by atoms with van der Waals surface area (Å²) in [5.41, 5.74) is 0. The lowest BCUT2D eigenvalue weighted by Crippen LogP contribution is -2.25. The van der Waals surface area contributed by atoms with Gasteiger partial charge in [0.25, 0.3) is 0 Å². The first-order chi connectivity index (χ1) is 8.74. The van der Waals surface area contributed by atoms with Crippen molar-refractivity contribution in [3.8, 4) is 0 Å². The van der Waals surface area contributed by atoms with Crippen molar-refractivity contribution in [2.24, 2.45) is 0 Å². The molecule has 0 radical (unpaired) electrons. The summed E-state index contributed by atoms with van der Waals surface area (Å²) in [5.74, 6) is -0.980. The quantitative estimate of drug-likeness (QED) is 0.577. The SMILES string of the molecule is O=C(O)CCCNS(=O)(=O)c1cc(Br)c(Cl)cc1Cl. The van der Waals surface area contributed by atoms with E-state index in [0.29, 0.717) is 9.50 Å². The molecule has 0 saturated carbocycles. The van der Waals surface area contributed by atoms with Crippen molar-refractivity contribution < 1.29 is 18.3 Å². The molecular weight excluding hydrogens is 381 g/mol. The topological polar surface area (TPSA) is 83.5 Å². The summed E-state index contributed by atoms with van der Waals surface area (Å²) in [4.78, 5) is 10.2. The molecule has 0 amide bonds. The molecular formula is C10H10BrCl2NO4S. The molecule has 0 atom stereocenters. The van der Waals surface area contributed by atoms with Crippen LogP contribution in [0.2, 0.25) is 10.0 Å². The van der Waals surface area contributed by atoms with Gasteiger partial charge < -0.3 is 5.11 Å². The first-order valence-corrected chi connectivity index (χ1v) is 8.13. The zero-order valence-corrected chi connectivity index (χ0v) is 13.4. The Bertz CT molecular complexity index is 591. The molecule has 2 N–H and O–H groups in total. The minimum absolute atomic E-state index is 0.000986. The Hall–Kier alpha value is -0.340. The van der Waals surface area contributed by atoms with Crippen molar-refractivity contribution in [1.82, 2.24) is 4.72 Å². The number of carbonyl (C=O) groups is 1. The van der Waals surface area contributed by atoms with Crippen molar-refractivity contribution in [2.45, 2.75) is 17.7 Å². The van der Waals surface area contributed by atoms with Crippen molar-refractivity contribution in [1.29, 1.82) is 0 Å². The van der Waals surface area contributed by atoms with E-state index < -0.39 is 16.0 Å². The molecule has 0 spiro atoms. The minimum atomic E-state index is -3.79. The van der Waals surface area contributed by atoms with Gasteiger partial charge >= 0.3 is 5.97 Å². The van der Waals surface area contributed by atoms with E-state index >= 15 is 0 Å². The standard InChI is InChI=1S/C10H10BrCl2NO4S/c11-6-4-9(8(13)5-7(6)12)19(17,18)14-3-1-2-10(15)16/h4-5,14H,1-3H2,(H,15,16). The molecule has 1 aromatic rings. The Balaban J connectivity index is 2.83. The molecule has 0 saturated heterocycles. The fraction of sp³-hybridized carbons (Fsp3) is 0.300. The maximum Gasteiger partial charge on any atom is 0.303 e. The first-order valence-electron chi connectivity index (χ1n) is 5.10. The van der Waals surface area contributed by atoms with E-state index in [-0.39, 0.29) is 29.3 Å². The van der Waals surface area contributed by atoms with E-state index in [4.69, 9.17) is 28.3 Å². The molecule has 0 aliphatic heterocycles. The largest absolute Gasteiger partial charge is 0.481 e. The van der Waals surface area contributed by atoms with Gasteiger partial charge in [-0.2, -0.15) is 0 Å². The first kappa shape index (κ1) is 16.7. The average molecular weight is 391 g/mol. The lowest BCUT2D eigenvalue weighted by atomic mass is 10.3. The monoisotopic (exact) mass is 389 g/mol. The number of hydrogen-bond acceptors (Lipinski definition) is 3. The Kier molecular flexibility index (Phi) is 6.07. The van der Waals surface area contributed by atoms with Crippen LogP contribution in [0.5, 0.6) is 0 Å². The van der Waals surface area contributed by atoms with Crippen LogP contribution in [0, 0.1) is 0 Å². The van der Waals surface area contributed by atoms with E-state index in [1.165, 1.54) is 12.1 Å². The Morgan fingerprint density at radius 1 is 1.32 bits per heavy atom.